The average molecular weight is 427 g/mol. The van der Waals surface area contributed by atoms with Crippen molar-refractivity contribution in [2.75, 3.05) is 33.3 Å². The zero-order valence-electron chi connectivity index (χ0n) is 15.2. The van der Waals surface area contributed by atoms with Crippen molar-refractivity contribution in [3.8, 4) is 12.1 Å². The predicted octanol–water partition coefficient (Wildman–Crippen LogP) is 1.16. The van der Waals surface area contributed by atoms with E-state index in [9.17, 15) is 18.0 Å². The van der Waals surface area contributed by atoms with E-state index in [4.69, 9.17) is 26.9 Å². The van der Waals surface area contributed by atoms with Crippen LogP contribution in [0.3, 0.4) is 0 Å². The average Bonchev–Trinajstić information content (AvgIpc) is 2.66. The standard InChI is InChI=1S/C17H19ClN4O5S/c1-21(28(25,26)15-6-4-14(18)5-7-15)12-17(24)27-13-16(23)22(10-2-8-19)11-3-9-20/h4-7H,2-3,10-13H2,1H3. The maximum absolute atomic E-state index is 12.4. The number of carbonyl (C=O) groups excluding carboxylic acids is 2. The number of nitriles is 2. The van der Waals surface area contributed by atoms with Gasteiger partial charge in [-0.15, -0.1) is 0 Å². The second-order valence-electron chi connectivity index (χ2n) is 5.57. The van der Waals surface area contributed by atoms with E-state index in [0.717, 1.165) is 4.31 Å². The number of nitrogens with zero attached hydrogens (tertiary/aromatic N) is 4. The maximum atomic E-state index is 12.4. The first-order valence-corrected chi connectivity index (χ1v) is 9.93. The van der Waals surface area contributed by atoms with Gasteiger partial charge < -0.3 is 9.64 Å². The minimum absolute atomic E-state index is 0.0394. The molecule has 9 nitrogen and oxygen atoms in total. The van der Waals surface area contributed by atoms with E-state index < -0.39 is 35.1 Å². The highest BCUT2D eigenvalue weighted by atomic mass is 35.5. The summed E-state index contributed by atoms with van der Waals surface area (Å²) < 4.78 is 30.4. The molecule has 0 N–H and O–H groups in total. The molecule has 0 aliphatic rings. The lowest BCUT2D eigenvalue weighted by Gasteiger charge is -2.21. The summed E-state index contributed by atoms with van der Waals surface area (Å²) in [7, 11) is -2.72. The highest BCUT2D eigenvalue weighted by Gasteiger charge is 2.24. The number of carbonyl (C=O) groups is 2. The van der Waals surface area contributed by atoms with Gasteiger partial charge >= 0.3 is 5.97 Å². The number of rotatable bonds is 10. The van der Waals surface area contributed by atoms with Crippen LogP contribution in [-0.4, -0.2) is 62.8 Å². The number of hydrogen-bond acceptors (Lipinski definition) is 7. The number of halogens is 1. The van der Waals surface area contributed by atoms with Crippen molar-refractivity contribution < 1.29 is 22.7 Å². The van der Waals surface area contributed by atoms with Crippen molar-refractivity contribution in [1.29, 1.82) is 10.5 Å². The van der Waals surface area contributed by atoms with Gasteiger partial charge in [0, 0.05) is 25.2 Å². The molecule has 0 atom stereocenters. The lowest BCUT2D eigenvalue weighted by atomic mass is 10.3. The van der Waals surface area contributed by atoms with E-state index in [1.165, 1.54) is 36.2 Å². The monoisotopic (exact) mass is 426 g/mol. The smallest absolute Gasteiger partial charge is 0.321 e. The van der Waals surface area contributed by atoms with Crippen LogP contribution >= 0.6 is 11.6 Å². The molecule has 0 spiro atoms. The van der Waals surface area contributed by atoms with Crippen LogP contribution < -0.4 is 0 Å². The van der Waals surface area contributed by atoms with Gasteiger partial charge in [0.15, 0.2) is 6.61 Å². The molecule has 1 aromatic rings. The summed E-state index contributed by atoms with van der Waals surface area (Å²) in [6, 6.07) is 9.23. The number of esters is 1. The molecule has 1 aromatic carbocycles. The summed E-state index contributed by atoms with van der Waals surface area (Å²) in [4.78, 5) is 25.2. The summed E-state index contributed by atoms with van der Waals surface area (Å²) >= 11 is 5.73. The molecular formula is C17H19ClN4O5S. The Hall–Kier alpha value is -2.66. The second-order valence-corrected chi connectivity index (χ2v) is 8.05. The van der Waals surface area contributed by atoms with Gasteiger partial charge in [-0.05, 0) is 24.3 Å². The van der Waals surface area contributed by atoms with Gasteiger partial charge in [-0.25, -0.2) is 8.42 Å². The highest BCUT2D eigenvalue weighted by Crippen LogP contribution is 2.17. The molecule has 0 saturated carbocycles. The molecule has 0 aliphatic heterocycles. The van der Waals surface area contributed by atoms with Gasteiger partial charge in [0.1, 0.15) is 6.54 Å². The van der Waals surface area contributed by atoms with Crippen LogP contribution in [0.4, 0.5) is 0 Å². The van der Waals surface area contributed by atoms with E-state index in [-0.39, 0.29) is 30.8 Å². The Morgan fingerprint density at radius 2 is 1.64 bits per heavy atom. The fourth-order valence-electron chi connectivity index (χ4n) is 2.06. The zero-order valence-corrected chi connectivity index (χ0v) is 16.7. The number of amides is 1. The van der Waals surface area contributed by atoms with Crippen LogP contribution in [0.1, 0.15) is 12.8 Å². The highest BCUT2D eigenvalue weighted by molar-refractivity contribution is 7.89. The number of benzene rings is 1. The minimum Gasteiger partial charge on any atom is -0.455 e. The minimum atomic E-state index is -3.92. The molecule has 0 bridgehead atoms. The van der Waals surface area contributed by atoms with Crippen molar-refractivity contribution in [2.45, 2.75) is 17.7 Å². The van der Waals surface area contributed by atoms with E-state index in [0.29, 0.717) is 5.02 Å². The van der Waals surface area contributed by atoms with Gasteiger partial charge in [0.25, 0.3) is 5.91 Å². The number of likely N-dealkylation sites (N-methyl/N-ethyl adjacent to an activating group) is 1. The van der Waals surface area contributed by atoms with Gasteiger partial charge in [-0.1, -0.05) is 11.6 Å². The van der Waals surface area contributed by atoms with Crippen molar-refractivity contribution in [2.24, 2.45) is 0 Å². The summed E-state index contributed by atoms with van der Waals surface area (Å²) in [5, 5.41) is 17.6. The molecule has 11 heteroatoms. The lowest BCUT2D eigenvalue weighted by molar-refractivity contribution is -0.152. The molecule has 0 aliphatic carbocycles. The Kier molecular flexibility index (Phi) is 9.39. The van der Waals surface area contributed by atoms with E-state index in [1.54, 1.807) is 0 Å². The van der Waals surface area contributed by atoms with Crippen LogP contribution in [0.2, 0.25) is 5.02 Å². The molecule has 0 fully saturated rings. The lowest BCUT2D eigenvalue weighted by Crippen LogP contribution is -2.38. The molecule has 28 heavy (non-hydrogen) atoms. The van der Waals surface area contributed by atoms with Crippen molar-refractivity contribution in [3.05, 3.63) is 29.3 Å². The first-order chi connectivity index (χ1) is 13.2. The first-order valence-electron chi connectivity index (χ1n) is 8.11. The molecule has 0 radical (unpaired) electrons. The fraction of sp³-hybridized carbons (Fsp3) is 0.412. The van der Waals surface area contributed by atoms with E-state index >= 15 is 0 Å². The Bertz CT molecular complexity index is 856. The molecule has 1 amide bonds. The Balaban J connectivity index is 2.62. The first kappa shape index (κ1) is 23.4. The van der Waals surface area contributed by atoms with Crippen LogP contribution in [0.25, 0.3) is 0 Å². The summed E-state index contributed by atoms with van der Waals surface area (Å²) in [6.07, 6.45) is 0.153. The second kappa shape index (κ2) is 11.2. The Morgan fingerprint density at radius 1 is 1.11 bits per heavy atom. The summed E-state index contributed by atoms with van der Waals surface area (Å²) in [5.41, 5.74) is 0. The number of ether oxygens (including phenoxy) is 1. The van der Waals surface area contributed by atoms with Gasteiger partial charge in [0.2, 0.25) is 10.0 Å². The third-order valence-corrected chi connectivity index (χ3v) is 5.64. The molecule has 0 aromatic heterocycles. The molecule has 150 valence electrons. The van der Waals surface area contributed by atoms with E-state index in [2.05, 4.69) is 0 Å². The normalized spacial score (nSPS) is 10.8. The van der Waals surface area contributed by atoms with Crippen molar-refractivity contribution in [1.82, 2.24) is 9.21 Å². The van der Waals surface area contributed by atoms with Gasteiger partial charge in [-0.2, -0.15) is 14.8 Å². The summed E-state index contributed by atoms with van der Waals surface area (Å²) in [6.45, 7) is -0.974. The van der Waals surface area contributed by atoms with Crippen LogP contribution in [-0.2, 0) is 24.3 Å². The van der Waals surface area contributed by atoms with Crippen LogP contribution in [0.15, 0.2) is 29.2 Å². The number of sulfonamides is 1. The van der Waals surface area contributed by atoms with Gasteiger partial charge in [0.05, 0.1) is 29.9 Å². The fourth-order valence-corrected chi connectivity index (χ4v) is 3.30. The predicted molar refractivity (Wildman–Crippen MR) is 99.3 cm³/mol. The van der Waals surface area contributed by atoms with Crippen LogP contribution in [0.5, 0.6) is 0 Å². The number of hydrogen-bond donors (Lipinski definition) is 0. The quantitative estimate of drug-likeness (QED) is 0.512. The molecule has 0 saturated heterocycles. The maximum Gasteiger partial charge on any atom is 0.321 e. The van der Waals surface area contributed by atoms with Crippen molar-refractivity contribution >= 4 is 33.5 Å². The molecule has 1 rings (SSSR count). The summed E-state index contributed by atoms with van der Waals surface area (Å²) in [5.74, 6) is -1.48. The molecule has 0 unspecified atom stereocenters. The molecule has 0 heterocycles. The Morgan fingerprint density at radius 3 is 2.14 bits per heavy atom. The molecular weight excluding hydrogens is 408 g/mol. The largest absolute Gasteiger partial charge is 0.455 e. The third-order valence-electron chi connectivity index (χ3n) is 3.57. The third kappa shape index (κ3) is 7.16. The topological polar surface area (TPSA) is 132 Å². The van der Waals surface area contributed by atoms with E-state index in [1.807, 2.05) is 12.1 Å². The van der Waals surface area contributed by atoms with Crippen molar-refractivity contribution in [3.63, 3.8) is 0 Å². The zero-order chi connectivity index (χ0) is 21.2. The SMILES string of the molecule is CN(CC(=O)OCC(=O)N(CCC#N)CCC#N)S(=O)(=O)c1ccc(Cl)cc1. The van der Waals surface area contributed by atoms with Crippen LogP contribution in [0, 0.1) is 22.7 Å². The Labute approximate surface area is 168 Å². The van der Waals surface area contributed by atoms with Gasteiger partial charge in [-0.3, -0.25) is 9.59 Å².